The minimum Gasteiger partial charge on any atom is -0.397 e. The average Bonchev–Trinajstić information content (AvgIpc) is 2.73. The molecule has 0 amide bonds. The molecule has 1 aliphatic heterocycles. The van der Waals surface area contributed by atoms with Crippen LogP contribution in [0.1, 0.15) is 12.0 Å². The number of pyridine rings is 1. The van der Waals surface area contributed by atoms with E-state index in [1.807, 2.05) is 0 Å². The number of ether oxygens (including phenoxy) is 1. The highest BCUT2D eigenvalue weighted by Gasteiger charge is 2.17. The van der Waals surface area contributed by atoms with Gasteiger partial charge in [-0.15, -0.1) is 0 Å². The van der Waals surface area contributed by atoms with Crippen molar-refractivity contribution in [2.45, 2.75) is 12.5 Å². The van der Waals surface area contributed by atoms with E-state index in [4.69, 9.17) is 15.7 Å². The topological polar surface area (TPSA) is 84.0 Å². The number of aromatic nitrogens is 1. The molecule has 1 atom stereocenters. The van der Waals surface area contributed by atoms with Crippen molar-refractivity contribution in [3.8, 4) is 6.07 Å². The maximum atomic E-state index is 8.90. The maximum absolute atomic E-state index is 8.90. The Labute approximate surface area is 87.9 Å². The van der Waals surface area contributed by atoms with E-state index in [0.717, 1.165) is 13.0 Å². The Kier molecular flexibility index (Phi) is 2.70. The van der Waals surface area contributed by atoms with Gasteiger partial charge in [0.05, 0.1) is 30.1 Å². The number of nitrogens with two attached hydrogens (primary N) is 1. The second-order valence-corrected chi connectivity index (χ2v) is 3.48. The van der Waals surface area contributed by atoms with Gasteiger partial charge in [0.25, 0.3) is 0 Å². The Balaban J connectivity index is 2.16. The van der Waals surface area contributed by atoms with Crippen molar-refractivity contribution in [3.63, 3.8) is 0 Å². The highest BCUT2D eigenvalue weighted by Crippen LogP contribution is 2.17. The summed E-state index contributed by atoms with van der Waals surface area (Å²) in [5.74, 6) is 0.585. The molecule has 2 heterocycles. The molecule has 1 aromatic heterocycles. The van der Waals surface area contributed by atoms with E-state index in [0.29, 0.717) is 23.7 Å². The zero-order valence-corrected chi connectivity index (χ0v) is 8.23. The fourth-order valence-corrected chi connectivity index (χ4v) is 1.52. The van der Waals surface area contributed by atoms with Crippen LogP contribution in [0.4, 0.5) is 11.5 Å². The summed E-state index contributed by atoms with van der Waals surface area (Å²) in [6.45, 7) is 1.42. The number of anilines is 2. The third-order valence-electron chi connectivity index (χ3n) is 2.30. The standard InChI is InChI=1S/C10H12N4O/c11-4-7-3-8(12)5-13-10(7)14-9-1-2-15-6-9/h3,5,9H,1-2,6,12H2,(H,13,14). The molecule has 78 valence electrons. The Morgan fingerprint density at radius 2 is 2.53 bits per heavy atom. The van der Waals surface area contributed by atoms with Crippen molar-refractivity contribution in [2.75, 3.05) is 24.3 Å². The Bertz CT molecular complexity index is 393. The molecule has 1 saturated heterocycles. The molecular weight excluding hydrogens is 192 g/mol. The van der Waals surface area contributed by atoms with Crippen LogP contribution in [0.2, 0.25) is 0 Å². The van der Waals surface area contributed by atoms with Crippen LogP contribution in [0.5, 0.6) is 0 Å². The lowest BCUT2D eigenvalue weighted by Gasteiger charge is -2.12. The second kappa shape index (κ2) is 4.15. The normalized spacial score (nSPS) is 19.8. The zero-order valence-electron chi connectivity index (χ0n) is 8.23. The molecule has 1 unspecified atom stereocenters. The fraction of sp³-hybridized carbons (Fsp3) is 0.400. The predicted molar refractivity (Wildman–Crippen MR) is 56.2 cm³/mol. The highest BCUT2D eigenvalue weighted by atomic mass is 16.5. The van der Waals surface area contributed by atoms with Crippen molar-refractivity contribution >= 4 is 11.5 Å². The first-order valence-corrected chi connectivity index (χ1v) is 4.79. The molecule has 2 rings (SSSR count). The molecule has 1 aromatic rings. The van der Waals surface area contributed by atoms with Gasteiger partial charge in [0.15, 0.2) is 0 Å². The summed E-state index contributed by atoms with van der Waals surface area (Å²) in [4.78, 5) is 4.10. The van der Waals surface area contributed by atoms with Crippen LogP contribution >= 0.6 is 0 Å². The lowest BCUT2D eigenvalue weighted by Crippen LogP contribution is -2.20. The van der Waals surface area contributed by atoms with Gasteiger partial charge < -0.3 is 15.8 Å². The minimum absolute atomic E-state index is 0.244. The van der Waals surface area contributed by atoms with Crippen molar-refractivity contribution in [1.82, 2.24) is 4.98 Å². The first-order chi connectivity index (χ1) is 7.29. The van der Waals surface area contributed by atoms with E-state index in [-0.39, 0.29) is 6.04 Å². The van der Waals surface area contributed by atoms with E-state index < -0.39 is 0 Å². The molecule has 0 saturated carbocycles. The molecule has 3 N–H and O–H groups in total. The predicted octanol–water partition coefficient (Wildman–Crippen LogP) is 0.736. The van der Waals surface area contributed by atoms with Crippen LogP contribution in [-0.4, -0.2) is 24.2 Å². The molecule has 5 heteroatoms. The van der Waals surface area contributed by atoms with Gasteiger partial charge in [-0.1, -0.05) is 0 Å². The zero-order chi connectivity index (χ0) is 10.7. The minimum atomic E-state index is 0.244. The van der Waals surface area contributed by atoms with Gasteiger partial charge in [0.2, 0.25) is 0 Å². The van der Waals surface area contributed by atoms with Gasteiger partial charge in [-0.3, -0.25) is 0 Å². The van der Waals surface area contributed by atoms with Crippen molar-refractivity contribution in [2.24, 2.45) is 0 Å². The van der Waals surface area contributed by atoms with Crippen molar-refractivity contribution in [1.29, 1.82) is 5.26 Å². The first kappa shape index (κ1) is 9.74. The van der Waals surface area contributed by atoms with Gasteiger partial charge in [-0.05, 0) is 12.5 Å². The van der Waals surface area contributed by atoms with Crippen LogP contribution in [-0.2, 0) is 4.74 Å². The summed E-state index contributed by atoms with van der Waals surface area (Å²) in [5, 5.41) is 12.1. The number of rotatable bonds is 2. The number of nitrogens with one attached hydrogen (secondary N) is 1. The van der Waals surface area contributed by atoms with Gasteiger partial charge in [0, 0.05) is 6.61 Å². The van der Waals surface area contributed by atoms with Crippen LogP contribution in [0.15, 0.2) is 12.3 Å². The summed E-state index contributed by atoms with van der Waals surface area (Å²) < 4.78 is 5.23. The molecule has 1 fully saturated rings. The molecule has 0 spiro atoms. The average molecular weight is 204 g/mol. The Morgan fingerprint density at radius 3 is 3.20 bits per heavy atom. The largest absolute Gasteiger partial charge is 0.397 e. The molecule has 0 radical (unpaired) electrons. The molecule has 5 nitrogen and oxygen atoms in total. The monoisotopic (exact) mass is 204 g/mol. The molecule has 0 aromatic carbocycles. The number of hydrogen-bond donors (Lipinski definition) is 2. The van der Waals surface area contributed by atoms with Crippen molar-refractivity contribution in [3.05, 3.63) is 17.8 Å². The summed E-state index contributed by atoms with van der Waals surface area (Å²) in [5.41, 5.74) is 6.52. The lowest BCUT2D eigenvalue weighted by atomic mass is 10.2. The van der Waals surface area contributed by atoms with Gasteiger partial charge in [-0.2, -0.15) is 5.26 Å². The fourth-order valence-electron chi connectivity index (χ4n) is 1.52. The van der Waals surface area contributed by atoms with Crippen LogP contribution in [0, 0.1) is 11.3 Å². The van der Waals surface area contributed by atoms with Gasteiger partial charge >= 0.3 is 0 Å². The maximum Gasteiger partial charge on any atom is 0.144 e. The Morgan fingerprint density at radius 1 is 1.67 bits per heavy atom. The van der Waals surface area contributed by atoms with Crippen LogP contribution < -0.4 is 11.1 Å². The lowest BCUT2D eigenvalue weighted by molar-refractivity contribution is 0.195. The van der Waals surface area contributed by atoms with E-state index in [2.05, 4.69) is 16.4 Å². The molecule has 15 heavy (non-hydrogen) atoms. The van der Waals surface area contributed by atoms with E-state index in [1.165, 1.54) is 0 Å². The van der Waals surface area contributed by atoms with Crippen LogP contribution in [0.25, 0.3) is 0 Å². The van der Waals surface area contributed by atoms with Crippen LogP contribution in [0.3, 0.4) is 0 Å². The second-order valence-electron chi connectivity index (χ2n) is 3.48. The SMILES string of the molecule is N#Cc1cc(N)cnc1NC1CCOC1. The summed E-state index contributed by atoms with van der Waals surface area (Å²) in [6, 6.07) is 3.92. The molecule has 0 bridgehead atoms. The summed E-state index contributed by atoms with van der Waals surface area (Å²) in [7, 11) is 0. The van der Waals surface area contributed by atoms with E-state index >= 15 is 0 Å². The molecular formula is C10H12N4O. The third kappa shape index (κ3) is 2.17. The summed E-state index contributed by atoms with van der Waals surface area (Å²) in [6.07, 6.45) is 2.48. The quantitative estimate of drug-likeness (QED) is 0.742. The molecule has 0 aliphatic carbocycles. The smallest absolute Gasteiger partial charge is 0.144 e. The third-order valence-corrected chi connectivity index (χ3v) is 2.30. The number of nitrogens with zero attached hydrogens (tertiary/aromatic N) is 2. The first-order valence-electron chi connectivity index (χ1n) is 4.79. The highest BCUT2D eigenvalue weighted by molar-refractivity contribution is 5.57. The number of nitrogen functional groups attached to an aromatic ring is 1. The molecule has 1 aliphatic rings. The summed E-state index contributed by atoms with van der Waals surface area (Å²) >= 11 is 0. The number of hydrogen-bond acceptors (Lipinski definition) is 5. The van der Waals surface area contributed by atoms with Gasteiger partial charge in [-0.25, -0.2) is 4.98 Å². The Hall–Kier alpha value is -1.80. The number of nitriles is 1. The van der Waals surface area contributed by atoms with Crippen molar-refractivity contribution < 1.29 is 4.74 Å². The van der Waals surface area contributed by atoms with E-state index in [9.17, 15) is 0 Å². The van der Waals surface area contributed by atoms with Gasteiger partial charge in [0.1, 0.15) is 11.9 Å². The van der Waals surface area contributed by atoms with E-state index in [1.54, 1.807) is 12.3 Å².